The molecule has 0 aliphatic rings. The van der Waals surface area contributed by atoms with E-state index in [1.807, 2.05) is 0 Å². The molecule has 0 aliphatic carbocycles. The second-order valence-electron chi connectivity index (χ2n) is 9.02. The Kier molecular flexibility index (Phi) is 14.5. The Bertz CT molecular complexity index is 905. The zero-order valence-electron chi connectivity index (χ0n) is 22.0. The summed E-state index contributed by atoms with van der Waals surface area (Å²) in [5.74, 6) is -1.54. The Labute approximate surface area is 217 Å². The molecule has 0 bridgehead atoms. The Morgan fingerprint density at radius 1 is 0.946 bits per heavy atom. The second kappa shape index (κ2) is 17.0. The lowest BCUT2D eigenvalue weighted by Crippen LogP contribution is -2.54. The highest BCUT2D eigenvalue weighted by atomic mass is 16.6. The minimum atomic E-state index is -0.926. The molecule has 0 radical (unpaired) electrons. The van der Waals surface area contributed by atoms with Crippen molar-refractivity contribution in [3.8, 4) is 0 Å². The summed E-state index contributed by atoms with van der Waals surface area (Å²) in [6.07, 6.45) is 1.41. The van der Waals surface area contributed by atoms with E-state index in [0.29, 0.717) is 25.1 Å². The van der Waals surface area contributed by atoms with Gasteiger partial charge in [0.15, 0.2) is 0 Å². The third-order valence-electron chi connectivity index (χ3n) is 5.40. The molecule has 0 spiro atoms. The predicted molar refractivity (Wildman–Crippen MR) is 139 cm³/mol. The number of urea groups is 1. The molecule has 1 rings (SSSR count). The lowest BCUT2D eigenvalue weighted by molar-refractivity contribution is -0.132. The topological polar surface area (TPSA) is 181 Å². The molecule has 5 amide bonds. The van der Waals surface area contributed by atoms with Crippen molar-refractivity contribution in [1.29, 1.82) is 0 Å². The number of carbonyl (C=O) groups is 5. The van der Waals surface area contributed by atoms with Gasteiger partial charge < -0.3 is 31.8 Å². The second-order valence-corrected chi connectivity index (χ2v) is 9.02. The average Bonchev–Trinajstić information content (AvgIpc) is 2.83. The van der Waals surface area contributed by atoms with Gasteiger partial charge in [-0.25, -0.2) is 10.3 Å². The molecular weight excluding hydrogens is 480 g/mol. The highest BCUT2D eigenvalue weighted by molar-refractivity contribution is 5.98. The van der Waals surface area contributed by atoms with Crippen molar-refractivity contribution in [2.24, 2.45) is 11.7 Å². The number of anilines is 1. The molecule has 2 atom stereocenters. The molecule has 1 aromatic rings. The van der Waals surface area contributed by atoms with E-state index in [1.54, 1.807) is 45.2 Å². The van der Waals surface area contributed by atoms with Gasteiger partial charge in [0.2, 0.25) is 17.7 Å². The van der Waals surface area contributed by atoms with Gasteiger partial charge in [0.1, 0.15) is 17.9 Å². The first-order chi connectivity index (χ1) is 17.5. The quantitative estimate of drug-likeness (QED) is 0.131. The summed E-state index contributed by atoms with van der Waals surface area (Å²) < 4.78 is 0. The van der Waals surface area contributed by atoms with Crippen LogP contribution in [-0.2, 0) is 30.6 Å². The van der Waals surface area contributed by atoms with Crippen LogP contribution >= 0.6 is 0 Å². The van der Waals surface area contributed by atoms with Crippen LogP contribution in [0.4, 0.5) is 10.5 Å². The number of hydrogen-bond acceptors (Lipinski definition) is 7. The summed E-state index contributed by atoms with van der Waals surface area (Å²) in [4.78, 5) is 65.7. The molecular formula is C25H40N6O6. The molecule has 0 saturated carbocycles. The zero-order valence-corrected chi connectivity index (χ0v) is 22.0. The maximum Gasteiger partial charge on any atom is 0.312 e. The lowest BCUT2D eigenvalue weighted by atomic mass is 10.0. The summed E-state index contributed by atoms with van der Waals surface area (Å²) in [5, 5.41) is 10.7. The molecule has 0 heterocycles. The van der Waals surface area contributed by atoms with Gasteiger partial charge in [0, 0.05) is 32.1 Å². The number of ketones is 1. The first-order valence-corrected chi connectivity index (χ1v) is 12.3. The number of carbonyl (C=O) groups excluding carboxylic acids is 5. The number of nitrogens with two attached hydrogens (primary N) is 1. The van der Waals surface area contributed by atoms with Gasteiger partial charge in [-0.1, -0.05) is 26.0 Å². The van der Waals surface area contributed by atoms with Crippen LogP contribution in [0.1, 0.15) is 58.4 Å². The van der Waals surface area contributed by atoms with Crippen molar-refractivity contribution in [3.05, 3.63) is 29.8 Å². The Hall–Kier alpha value is -3.51. The normalized spacial score (nSPS) is 12.4. The minimum absolute atomic E-state index is 0.00780. The summed E-state index contributed by atoms with van der Waals surface area (Å²) in [5.41, 5.74) is 9.11. The highest BCUT2D eigenvalue weighted by Gasteiger charge is 2.28. The van der Waals surface area contributed by atoms with Crippen LogP contribution in [0.25, 0.3) is 0 Å². The number of Topliss-reactive ketones (excluding diaryl/α,β-unsaturated/α-hetero) is 1. The van der Waals surface area contributed by atoms with Crippen LogP contribution in [0, 0.1) is 5.92 Å². The fraction of sp³-hybridized carbons (Fsp3) is 0.560. The zero-order chi connectivity index (χ0) is 27.8. The molecule has 12 heteroatoms. The van der Waals surface area contributed by atoms with E-state index in [9.17, 15) is 24.0 Å². The SMILES string of the molecule is CNOCc1ccc(NC(=O)[C@@H](CCCNC(N)=O)NC(=O)[C@H](NC(=O)CCCC(C)=O)C(C)C)cc1. The van der Waals surface area contributed by atoms with Crippen LogP contribution in [0.15, 0.2) is 24.3 Å². The Morgan fingerprint density at radius 2 is 1.62 bits per heavy atom. The summed E-state index contributed by atoms with van der Waals surface area (Å²) in [6.45, 7) is 5.61. The lowest BCUT2D eigenvalue weighted by Gasteiger charge is -2.25. The summed E-state index contributed by atoms with van der Waals surface area (Å²) >= 11 is 0. The molecule has 0 aliphatic heterocycles. The number of primary amides is 1. The van der Waals surface area contributed by atoms with E-state index in [4.69, 9.17) is 10.6 Å². The molecule has 0 fully saturated rings. The molecule has 1 aromatic carbocycles. The third kappa shape index (κ3) is 13.4. The van der Waals surface area contributed by atoms with E-state index >= 15 is 0 Å². The average molecular weight is 521 g/mol. The highest BCUT2D eigenvalue weighted by Crippen LogP contribution is 2.12. The third-order valence-corrected chi connectivity index (χ3v) is 5.40. The molecule has 0 unspecified atom stereocenters. The molecule has 37 heavy (non-hydrogen) atoms. The van der Waals surface area contributed by atoms with E-state index in [0.717, 1.165) is 5.56 Å². The van der Waals surface area contributed by atoms with Gasteiger partial charge in [-0.05, 0) is 49.8 Å². The van der Waals surface area contributed by atoms with Crippen LogP contribution in [0.2, 0.25) is 0 Å². The number of benzene rings is 1. The number of nitrogens with one attached hydrogen (secondary N) is 5. The van der Waals surface area contributed by atoms with Crippen molar-refractivity contribution in [3.63, 3.8) is 0 Å². The van der Waals surface area contributed by atoms with Gasteiger partial charge in [-0.2, -0.15) is 0 Å². The van der Waals surface area contributed by atoms with Gasteiger partial charge in [0.05, 0.1) is 6.61 Å². The van der Waals surface area contributed by atoms with E-state index < -0.39 is 29.9 Å². The maximum atomic E-state index is 13.1. The standard InChI is InChI=1S/C25H40N6O6/c1-16(2)22(31-21(33)9-5-7-17(3)32)24(35)30-20(8-6-14-28-25(26)36)23(34)29-19-12-10-18(11-13-19)15-37-27-4/h10-13,16,20,22,27H,5-9,14-15H2,1-4H3,(H,29,34)(H,30,35)(H,31,33)(H3,26,28,36)/t20-,22-/m1/s1. The van der Waals surface area contributed by atoms with E-state index in [1.165, 1.54) is 6.92 Å². The van der Waals surface area contributed by atoms with Crippen molar-refractivity contribution in [2.45, 2.75) is 71.6 Å². The minimum Gasteiger partial charge on any atom is -0.352 e. The van der Waals surface area contributed by atoms with Gasteiger partial charge in [0.25, 0.3) is 0 Å². The number of amides is 5. The van der Waals surface area contributed by atoms with E-state index in [2.05, 4.69) is 26.7 Å². The molecule has 0 aromatic heterocycles. The van der Waals surface area contributed by atoms with Crippen molar-refractivity contribution in [1.82, 2.24) is 21.4 Å². The number of hydroxylamine groups is 1. The van der Waals surface area contributed by atoms with Gasteiger partial charge in [-0.3, -0.25) is 19.2 Å². The van der Waals surface area contributed by atoms with Crippen LogP contribution in [-0.4, -0.2) is 55.2 Å². The molecule has 7 N–H and O–H groups in total. The Morgan fingerprint density at radius 3 is 2.19 bits per heavy atom. The maximum absolute atomic E-state index is 13.1. The van der Waals surface area contributed by atoms with Crippen molar-refractivity contribution in [2.75, 3.05) is 18.9 Å². The fourth-order valence-corrected chi connectivity index (χ4v) is 3.40. The predicted octanol–water partition coefficient (Wildman–Crippen LogP) is 1.11. The van der Waals surface area contributed by atoms with Crippen molar-refractivity contribution >= 4 is 35.2 Å². The van der Waals surface area contributed by atoms with Crippen LogP contribution in [0.3, 0.4) is 0 Å². The number of hydrogen-bond donors (Lipinski definition) is 6. The van der Waals surface area contributed by atoms with Gasteiger partial charge in [-0.15, -0.1) is 0 Å². The van der Waals surface area contributed by atoms with Crippen LogP contribution < -0.4 is 32.5 Å². The molecule has 12 nitrogen and oxygen atoms in total. The first-order valence-electron chi connectivity index (χ1n) is 12.3. The largest absolute Gasteiger partial charge is 0.352 e. The van der Waals surface area contributed by atoms with Gasteiger partial charge >= 0.3 is 6.03 Å². The first kappa shape index (κ1) is 31.5. The summed E-state index contributed by atoms with van der Waals surface area (Å²) in [7, 11) is 1.66. The molecule has 0 saturated heterocycles. The van der Waals surface area contributed by atoms with Crippen LogP contribution in [0.5, 0.6) is 0 Å². The van der Waals surface area contributed by atoms with Crippen molar-refractivity contribution < 1.29 is 28.8 Å². The Balaban J connectivity index is 2.87. The smallest absolute Gasteiger partial charge is 0.312 e. The monoisotopic (exact) mass is 520 g/mol. The summed E-state index contributed by atoms with van der Waals surface area (Å²) in [6, 6.07) is 4.57. The number of rotatable bonds is 17. The molecule has 206 valence electrons. The fourth-order valence-electron chi connectivity index (χ4n) is 3.40. The van der Waals surface area contributed by atoms with E-state index in [-0.39, 0.29) is 43.4 Å².